The highest BCUT2D eigenvalue weighted by Gasteiger charge is 2.38. The Morgan fingerprint density at radius 3 is 2.24 bits per heavy atom. The van der Waals surface area contributed by atoms with E-state index in [9.17, 15) is 22.8 Å². The van der Waals surface area contributed by atoms with Crippen LogP contribution in [0.15, 0.2) is 47.1 Å². The van der Waals surface area contributed by atoms with Crippen LogP contribution >= 0.6 is 15.9 Å². The number of piperidine rings is 1. The summed E-state index contributed by atoms with van der Waals surface area (Å²) in [6.45, 7) is 11.2. The molecule has 2 unspecified atom stereocenters. The van der Waals surface area contributed by atoms with Crippen molar-refractivity contribution in [2.24, 2.45) is 11.3 Å². The second-order valence-electron chi connectivity index (χ2n) is 12.6. The number of hydrogen-bond donors (Lipinski definition) is 0. The molecule has 0 spiro atoms. The molecule has 7 nitrogen and oxygen atoms in total. The molecule has 0 bridgehead atoms. The summed E-state index contributed by atoms with van der Waals surface area (Å²) < 4.78 is 43.3. The van der Waals surface area contributed by atoms with Gasteiger partial charge >= 0.3 is 6.36 Å². The first kappa shape index (κ1) is 32.3. The van der Waals surface area contributed by atoms with Gasteiger partial charge in [-0.15, -0.1) is 13.2 Å². The van der Waals surface area contributed by atoms with Crippen LogP contribution in [0.4, 0.5) is 13.2 Å². The molecule has 1 aromatic carbocycles. The van der Waals surface area contributed by atoms with Crippen LogP contribution in [0, 0.1) is 11.3 Å². The van der Waals surface area contributed by atoms with Gasteiger partial charge in [0.15, 0.2) is 0 Å². The molecular weight excluding hydrogens is 613 g/mol. The molecule has 4 rings (SSSR count). The monoisotopic (exact) mass is 652 g/mol. The smallest absolute Gasteiger partial charge is 0.406 e. The SMILES string of the molecule is CC(=O)N1CCC(CC(=O)N2CCN(C(c3ccc(OC(F)(F)F)cc3)c3ccc(Br)cn3)CC2CC(C)(C)C)CC1. The van der Waals surface area contributed by atoms with Crippen molar-refractivity contribution >= 4 is 27.7 Å². The van der Waals surface area contributed by atoms with Gasteiger partial charge in [0.25, 0.3) is 0 Å². The number of pyridine rings is 1. The number of piperazine rings is 1. The van der Waals surface area contributed by atoms with Crippen molar-refractivity contribution in [1.29, 1.82) is 0 Å². The second kappa shape index (κ2) is 13.3. The number of benzene rings is 1. The van der Waals surface area contributed by atoms with Crippen LogP contribution in [-0.4, -0.2) is 76.6 Å². The van der Waals surface area contributed by atoms with E-state index in [1.807, 2.05) is 21.9 Å². The van der Waals surface area contributed by atoms with Crippen molar-refractivity contribution in [2.45, 2.75) is 71.8 Å². The number of rotatable bonds is 7. The van der Waals surface area contributed by atoms with Gasteiger partial charge in [0, 0.05) is 62.8 Å². The lowest BCUT2D eigenvalue weighted by Crippen LogP contribution is -2.57. The van der Waals surface area contributed by atoms with E-state index in [0.29, 0.717) is 39.1 Å². The molecule has 3 heterocycles. The summed E-state index contributed by atoms with van der Waals surface area (Å²) in [6.07, 6.45) is -0.0995. The number of likely N-dealkylation sites (tertiary alicyclic amines) is 1. The zero-order chi connectivity index (χ0) is 30.7. The molecule has 2 aliphatic rings. The number of carbonyl (C=O) groups excluding carboxylic acids is 2. The Hall–Kier alpha value is -2.66. The topological polar surface area (TPSA) is 66.0 Å². The molecular formula is C31H40BrF3N4O3. The number of carbonyl (C=O) groups is 2. The number of hydrogen-bond acceptors (Lipinski definition) is 5. The molecule has 2 aliphatic heterocycles. The highest BCUT2D eigenvalue weighted by atomic mass is 79.9. The van der Waals surface area contributed by atoms with E-state index in [1.54, 1.807) is 25.3 Å². The van der Waals surface area contributed by atoms with Gasteiger partial charge in [0.2, 0.25) is 11.8 Å². The number of ether oxygens (including phenoxy) is 1. The van der Waals surface area contributed by atoms with Crippen LogP contribution in [0.25, 0.3) is 0 Å². The summed E-state index contributed by atoms with van der Waals surface area (Å²) in [6, 6.07) is 9.44. The fourth-order valence-electron chi connectivity index (χ4n) is 6.11. The van der Waals surface area contributed by atoms with Crippen LogP contribution in [0.3, 0.4) is 0 Å². The first-order valence-corrected chi connectivity index (χ1v) is 15.2. The minimum absolute atomic E-state index is 0.0268. The zero-order valence-electron chi connectivity index (χ0n) is 24.7. The lowest BCUT2D eigenvalue weighted by Gasteiger charge is -2.46. The minimum Gasteiger partial charge on any atom is -0.406 e. The maximum atomic E-state index is 13.7. The number of alkyl halides is 3. The lowest BCUT2D eigenvalue weighted by molar-refractivity contribution is -0.274. The number of aromatic nitrogens is 1. The van der Waals surface area contributed by atoms with Gasteiger partial charge in [-0.25, -0.2) is 0 Å². The summed E-state index contributed by atoms with van der Waals surface area (Å²) in [5.41, 5.74) is 1.54. The summed E-state index contributed by atoms with van der Waals surface area (Å²) in [4.78, 5) is 36.2. The third kappa shape index (κ3) is 8.92. The van der Waals surface area contributed by atoms with Gasteiger partial charge in [0.05, 0.1) is 11.7 Å². The van der Waals surface area contributed by atoms with Crippen molar-refractivity contribution in [3.8, 4) is 5.75 Å². The predicted octanol–water partition coefficient (Wildman–Crippen LogP) is 6.43. The van der Waals surface area contributed by atoms with Gasteiger partial charge in [-0.05, 0) is 76.4 Å². The summed E-state index contributed by atoms with van der Waals surface area (Å²) >= 11 is 3.44. The minimum atomic E-state index is -4.76. The van der Waals surface area contributed by atoms with Crippen LogP contribution in [0.1, 0.15) is 70.7 Å². The largest absolute Gasteiger partial charge is 0.573 e. The average Bonchev–Trinajstić information content (AvgIpc) is 2.89. The molecule has 1 aromatic heterocycles. The summed E-state index contributed by atoms with van der Waals surface area (Å²) in [5.74, 6) is 0.220. The molecule has 2 amide bonds. The van der Waals surface area contributed by atoms with E-state index in [2.05, 4.69) is 51.3 Å². The maximum Gasteiger partial charge on any atom is 0.573 e. The predicted molar refractivity (Wildman–Crippen MR) is 158 cm³/mol. The molecule has 42 heavy (non-hydrogen) atoms. The summed E-state index contributed by atoms with van der Waals surface area (Å²) in [5, 5.41) is 0. The number of amides is 2. The standard InChI is InChI=1S/C31H40BrF3N4O3/c1-21(40)37-13-11-22(12-14-37)17-28(41)39-16-15-38(20-25(39)18-30(2,3)4)29(27-10-7-24(32)19-36-27)23-5-8-26(9-6-23)42-31(33,34)35/h5-10,19,22,25,29H,11-18,20H2,1-4H3. The molecule has 11 heteroatoms. The Bertz CT molecular complexity index is 1210. The normalized spacial score (nSPS) is 20.0. The lowest BCUT2D eigenvalue weighted by atomic mass is 9.85. The van der Waals surface area contributed by atoms with E-state index in [4.69, 9.17) is 0 Å². The van der Waals surface area contributed by atoms with Crippen molar-refractivity contribution < 1.29 is 27.5 Å². The maximum absolute atomic E-state index is 13.7. The van der Waals surface area contributed by atoms with E-state index in [1.165, 1.54) is 12.1 Å². The highest BCUT2D eigenvalue weighted by molar-refractivity contribution is 9.10. The van der Waals surface area contributed by atoms with Gasteiger partial charge in [-0.2, -0.15) is 0 Å². The Balaban J connectivity index is 1.55. The van der Waals surface area contributed by atoms with Crippen molar-refractivity contribution in [1.82, 2.24) is 19.7 Å². The molecule has 230 valence electrons. The second-order valence-corrected chi connectivity index (χ2v) is 13.5. The first-order chi connectivity index (χ1) is 19.7. The Labute approximate surface area is 254 Å². The third-order valence-corrected chi connectivity index (χ3v) is 8.50. The molecule has 2 aromatic rings. The highest BCUT2D eigenvalue weighted by Crippen LogP contribution is 2.35. The van der Waals surface area contributed by atoms with Crippen molar-refractivity contribution in [3.05, 3.63) is 58.3 Å². The number of halogens is 4. The van der Waals surface area contributed by atoms with Crippen LogP contribution < -0.4 is 4.74 Å². The van der Waals surface area contributed by atoms with E-state index >= 15 is 0 Å². The van der Waals surface area contributed by atoms with Gasteiger partial charge in [0.1, 0.15) is 5.75 Å². The Morgan fingerprint density at radius 2 is 1.69 bits per heavy atom. The molecule has 0 N–H and O–H groups in total. The van der Waals surface area contributed by atoms with Crippen molar-refractivity contribution in [3.63, 3.8) is 0 Å². The van der Waals surface area contributed by atoms with Crippen molar-refractivity contribution in [2.75, 3.05) is 32.7 Å². The molecule has 0 aliphatic carbocycles. The van der Waals surface area contributed by atoms with Gasteiger partial charge < -0.3 is 14.5 Å². The van der Waals surface area contributed by atoms with E-state index in [-0.39, 0.29) is 41.0 Å². The molecule has 2 saturated heterocycles. The summed E-state index contributed by atoms with van der Waals surface area (Å²) in [7, 11) is 0. The average molecular weight is 654 g/mol. The fraction of sp³-hybridized carbons (Fsp3) is 0.581. The van der Waals surface area contributed by atoms with Gasteiger partial charge in [-0.3, -0.25) is 19.5 Å². The fourth-order valence-corrected chi connectivity index (χ4v) is 6.34. The Morgan fingerprint density at radius 1 is 1.02 bits per heavy atom. The Kier molecular flexibility index (Phi) is 10.2. The molecule has 0 radical (unpaired) electrons. The molecule has 0 saturated carbocycles. The molecule has 2 atom stereocenters. The van der Waals surface area contributed by atoms with E-state index in [0.717, 1.165) is 35.0 Å². The first-order valence-electron chi connectivity index (χ1n) is 14.4. The molecule has 2 fully saturated rings. The van der Waals surface area contributed by atoms with E-state index < -0.39 is 6.36 Å². The van der Waals surface area contributed by atoms with Crippen LogP contribution in [0.5, 0.6) is 5.75 Å². The third-order valence-electron chi connectivity index (χ3n) is 8.03. The van der Waals surface area contributed by atoms with Crippen LogP contribution in [-0.2, 0) is 9.59 Å². The zero-order valence-corrected chi connectivity index (χ0v) is 26.2. The van der Waals surface area contributed by atoms with Crippen LogP contribution in [0.2, 0.25) is 0 Å². The number of nitrogens with zero attached hydrogens (tertiary/aromatic N) is 4. The van der Waals surface area contributed by atoms with Gasteiger partial charge in [-0.1, -0.05) is 32.9 Å². The quantitative estimate of drug-likeness (QED) is 0.345.